The van der Waals surface area contributed by atoms with Crippen LogP contribution in [0.1, 0.15) is 31.0 Å². The maximum Gasteiger partial charge on any atom is 0.244 e. The third-order valence-corrected chi connectivity index (χ3v) is 4.61. The van der Waals surface area contributed by atoms with Crippen molar-refractivity contribution in [3.8, 4) is 0 Å². The van der Waals surface area contributed by atoms with Crippen molar-refractivity contribution in [1.82, 2.24) is 10.6 Å². The minimum absolute atomic E-state index is 0.156. The molecule has 0 saturated heterocycles. The van der Waals surface area contributed by atoms with Crippen molar-refractivity contribution in [3.05, 3.63) is 90.0 Å². The van der Waals surface area contributed by atoms with Gasteiger partial charge in [0.1, 0.15) is 6.04 Å². The van der Waals surface area contributed by atoms with Crippen LogP contribution in [0.3, 0.4) is 0 Å². The summed E-state index contributed by atoms with van der Waals surface area (Å²) in [4.78, 5) is 24.5. The Morgan fingerprint density at radius 2 is 1.50 bits per heavy atom. The molecule has 0 aliphatic heterocycles. The van der Waals surface area contributed by atoms with Crippen molar-refractivity contribution < 1.29 is 9.59 Å². The molecule has 2 unspecified atom stereocenters. The molecule has 0 aliphatic rings. The number of carbonyl (C=O) groups is 2. The average Bonchev–Trinajstić information content (AvgIpc) is 2.72. The van der Waals surface area contributed by atoms with Gasteiger partial charge in [-0.25, -0.2) is 0 Å². The number of benzene rings is 3. The highest BCUT2D eigenvalue weighted by Gasteiger charge is 2.17. The first-order valence-electron chi connectivity index (χ1n) is 9.35. The van der Waals surface area contributed by atoms with Gasteiger partial charge in [0.05, 0.1) is 6.04 Å². The van der Waals surface area contributed by atoms with Gasteiger partial charge in [-0.2, -0.15) is 0 Å². The lowest BCUT2D eigenvalue weighted by molar-refractivity contribution is -0.127. The Kier molecular flexibility index (Phi) is 6.22. The average molecular weight is 372 g/mol. The molecule has 142 valence electrons. The van der Waals surface area contributed by atoms with Crippen LogP contribution in [0.2, 0.25) is 0 Å². The van der Waals surface area contributed by atoms with E-state index in [9.17, 15) is 9.59 Å². The van der Waals surface area contributed by atoms with Gasteiger partial charge in [-0.05, 0) is 47.9 Å². The highest BCUT2D eigenvalue weighted by molar-refractivity contribution is 5.95. The predicted molar refractivity (Wildman–Crippen MR) is 114 cm³/mol. The summed E-state index contributed by atoms with van der Waals surface area (Å²) in [5.41, 5.74) is 1.95. The lowest BCUT2D eigenvalue weighted by Crippen LogP contribution is -2.45. The van der Waals surface area contributed by atoms with Crippen molar-refractivity contribution >= 4 is 28.7 Å². The van der Waals surface area contributed by atoms with Crippen molar-refractivity contribution in [2.24, 2.45) is 0 Å². The van der Waals surface area contributed by atoms with Crippen LogP contribution in [0, 0.1) is 0 Å². The number of hydrogen-bond acceptors (Lipinski definition) is 2. The number of amides is 2. The Balaban J connectivity index is 1.56. The van der Waals surface area contributed by atoms with Crippen LogP contribution in [0.15, 0.2) is 78.9 Å². The molecule has 3 aromatic carbocycles. The zero-order chi connectivity index (χ0) is 19.9. The minimum atomic E-state index is -0.629. The summed E-state index contributed by atoms with van der Waals surface area (Å²) in [6.07, 6.45) is 3.16. The smallest absolute Gasteiger partial charge is 0.244 e. The van der Waals surface area contributed by atoms with E-state index < -0.39 is 6.04 Å². The number of carbonyl (C=O) groups excluding carboxylic acids is 2. The Morgan fingerprint density at radius 3 is 2.25 bits per heavy atom. The number of hydrogen-bond donors (Lipinski definition) is 2. The minimum Gasteiger partial charge on any atom is -0.348 e. The molecule has 0 saturated carbocycles. The molecule has 0 spiro atoms. The third-order valence-electron chi connectivity index (χ3n) is 4.61. The molecule has 2 amide bonds. The summed E-state index contributed by atoms with van der Waals surface area (Å²) < 4.78 is 0. The second-order valence-electron chi connectivity index (χ2n) is 6.81. The number of nitrogens with one attached hydrogen (secondary N) is 2. The molecule has 3 aromatic rings. The van der Waals surface area contributed by atoms with Gasteiger partial charge in [0.25, 0.3) is 0 Å². The summed E-state index contributed by atoms with van der Waals surface area (Å²) in [6.45, 7) is 3.61. The van der Waals surface area contributed by atoms with E-state index >= 15 is 0 Å². The van der Waals surface area contributed by atoms with Crippen LogP contribution in [-0.2, 0) is 9.59 Å². The fourth-order valence-electron chi connectivity index (χ4n) is 2.96. The molecule has 0 heterocycles. The van der Waals surface area contributed by atoms with E-state index in [-0.39, 0.29) is 17.9 Å². The van der Waals surface area contributed by atoms with Crippen LogP contribution in [0.4, 0.5) is 0 Å². The molecule has 28 heavy (non-hydrogen) atoms. The molecule has 2 N–H and O–H groups in total. The van der Waals surface area contributed by atoms with Crippen LogP contribution >= 0.6 is 0 Å². The van der Waals surface area contributed by atoms with Gasteiger partial charge < -0.3 is 10.6 Å². The molecular weight excluding hydrogens is 348 g/mol. The van der Waals surface area contributed by atoms with Gasteiger partial charge in [0, 0.05) is 6.08 Å². The topological polar surface area (TPSA) is 58.2 Å². The molecule has 2 atom stereocenters. The van der Waals surface area contributed by atoms with Crippen LogP contribution in [-0.4, -0.2) is 17.9 Å². The fourth-order valence-corrected chi connectivity index (χ4v) is 2.96. The Hall–Kier alpha value is -3.40. The number of rotatable bonds is 6. The first kappa shape index (κ1) is 19.4. The molecule has 4 nitrogen and oxygen atoms in total. The normalized spacial score (nSPS) is 13.2. The van der Waals surface area contributed by atoms with Crippen LogP contribution < -0.4 is 10.6 Å². The van der Waals surface area contributed by atoms with Gasteiger partial charge in [-0.3, -0.25) is 9.59 Å². The molecular formula is C24H24N2O2. The SMILES string of the molecule is CC(NC(=O)/C=C/c1ccccc1)C(=O)NC(C)c1ccc2ccccc2c1. The van der Waals surface area contributed by atoms with Crippen LogP contribution in [0.25, 0.3) is 16.8 Å². The van der Waals surface area contributed by atoms with Gasteiger partial charge in [0.15, 0.2) is 0 Å². The second-order valence-corrected chi connectivity index (χ2v) is 6.81. The summed E-state index contributed by atoms with van der Waals surface area (Å²) in [6, 6.07) is 23.0. The second kappa shape index (κ2) is 9.00. The van der Waals surface area contributed by atoms with Gasteiger partial charge >= 0.3 is 0 Å². The van der Waals surface area contributed by atoms with Crippen molar-refractivity contribution in [2.45, 2.75) is 25.9 Å². The fraction of sp³-hybridized carbons (Fsp3) is 0.167. The molecule has 4 heteroatoms. The Morgan fingerprint density at radius 1 is 0.821 bits per heavy atom. The maximum absolute atomic E-state index is 12.5. The quantitative estimate of drug-likeness (QED) is 0.636. The molecule has 0 aliphatic carbocycles. The van der Waals surface area contributed by atoms with E-state index in [0.717, 1.165) is 21.9 Å². The summed E-state index contributed by atoms with van der Waals surface area (Å²) >= 11 is 0. The molecule has 0 radical (unpaired) electrons. The summed E-state index contributed by atoms with van der Waals surface area (Å²) in [7, 11) is 0. The van der Waals surface area contributed by atoms with E-state index in [2.05, 4.69) is 28.8 Å². The molecule has 3 rings (SSSR count). The highest BCUT2D eigenvalue weighted by atomic mass is 16.2. The monoisotopic (exact) mass is 372 g/mol. The molecule has 0 fully saturated rings. The Labute approximate surface area is 165 Å². The first-order chi connectivity index (χ1) is 13.5. The van der Waals surface area contributed by atoms with Crippen molar-refractivity contribution in [3.63, 3.8) is 0 Å². The zero-order valence-corrected chi connectivity index (χ0v) is 16.1. The molecule has 0 aromatic heterocycles. The third kappa shape index (κ3) is 5.07. The summed E-state index contributed by atoms with van der Waals surface area (Å²) in [5, 5.41) is 7.96. The highest BCUT2D eigenvalue weighted by Crippen LogP contribution is 2.20. The molecule has 0 bridgehead atoms. The van der Waals surface area contributed by atoms with Gasteiger partial charge in [-0.15, -0.1) is 0 Å². The van der Waals surface area contributed by atoms with E-state index in [1.807, 2.05) is 61.5 Å². The largest absolute Gasteiger partial charge is 0.348 e. The standard InChI is InChI=1S/C24H24N2O2/c1-17(21-14-13-20-10-6-7-11-22(20)16-21)26-24(28)18(2)25-23(27)15-12-19-8-4-3-5-9-19/h3-18H,1-2H3,(H,25,27)(H,26,28)/b15-12+. The van der Waals surface area contributed by atoms with E-state index in [0.29, 0.717) is 0 Å². The lowest BCUT2D eigenvalue weighted by atomic mass is 10.0. The zero-order valence-electron chi connectivity index (χ0n) is 16.1. The van der Waals surface area contributed by atoms with Crippen molar-refractivity contribution in [1.29, 1.82) is 0 Å². The van der Waals surface area contributed by atoms with Crippen molar-refractivity contribution in [2.75, 3.05) is 0 Å². The predicted octanol–water partition coefficient (Wildman–Crippen LogP) is 4.24. The lowest BCUT2D eigenvalue weighted by Gasteiger charge is -2.19. The Bertz CT molecular complexity index is 996. The van der Waals surface area contributed by atoms with Gasteiger partial charge in [0.2, 0.25) is 11.8 Å². The number of fused-ring (bicyclic) bond motifs is 1. The van der Waals surface area contributed by atoms with Gasteiger partial charge in [-0.1, -0.05) is 66.7 Å². The van der Waals surface area contributed by atoms with Crippen LogP contribution in [0.5, 0.6) is 0 Å². The maximum atomic E-state index is 12.5. The summed E-state index contributed by atoms with van der Waals surface area (Å²) in [5.74, 6) is -0.521. The van der Waals surface area contributed by atoms with E-state index in [4.69, 9.17) is 0 Å². The van der Waals surface area contributed by atoms with E-state index in [1.165, 1.54) is 6.08 Å². The first-order valence-corrected chi connectivity index (χ1v) is 9.35. The van der Waals surface area contributed by atoms with E-state index in [1.54, 1.807) is 13.0 Å².